The van der Waals surface area contributed by atoms with Gasteiger partial charge in [-0.1, -0.05) is 15.9 Å². The van der Waals surface area contributed by atoms with Crippen molar-refractivity contribution in [3.05, 3.63) is 68.2 Å². The largest absolute Gasteiger partial charge is 0.376 e. The molecule has 0 saturated carbocycles. The number of hydrogen-bond acceptors (Lipinski definition) is 5. The van der Waals surface area contributed by atoms with Crippen molar-refractivity contribution in [3.63, 3.8) is 0 Å². The number of hydrogen-bond donors (Lipinski definition) is 3. The van der Waals surface area contributed by atoms with E-state index in [1.54, 1.807) is 0 Å². The number of benzene rings is 2. The molecule has 0 aliphatic rings. The minimum Gasteiger partial charge on any atom is -0.376 e. The fraction of sp³-hybridized carbons (Fsp3) is 0.125. The number of amides is 2. The molecule has 0 spiro atoms. The zero-order valence-electron chi connectivity index (χ0n) is 13.2. The lowest BCUT2D eigenvalue weighted by Crippen LogP contribution is -2.44. The average Bonchev–Trinajstić information content (AvgIpc) is 2.60. The Morgan fingerprint density at radius 2 is 1.80 bits per heavy atom. The summed E-state index contributed by atoms with van der Waals surface area (Å²) in [6.45, 7) is 1.90. The molecule has 0 heterocycles. The van der Waals surface area contributed by atoms with E-state index in [-0.39, 0.29) is 17.8 Å². The van der Waals surface area contributed by atoms with Crippen LogP contribution in [0.1, 0.15) is 15.9 Å². The van der Waals surface area contributed by atoms with Crippen LogP contribution in [0.15, 0.2) is 46.9 Å². The zero-order chi connectivity index (χ0) is 18.4. The van der Waals surface area contributed by atoms with Crippen molar-refractivity contribution in [2.75, 3.05) is 11.9 Å². The number of nitrogens with one attached hydrogen (secondary N) is 3. The highest BCUT2D eigenvalue weighted by atomic mass is 79.9. The van der Waals surface area contributed by atoms with Crippen LogP contribution >= 0.6 is 15.9 Å². The summed E-state index contributed by atoms with van der Waals surface area (Å²) in [7, 11) is 0. The minimum atomic E-state index is -0.567. The van der Waals surface area contributed by atoms with Gasteiger partial charge in [-0.2, -0.15) is 0 Å². The first-order valence-corrected chi connectivity index (χ1v) is 8.00. The Hall–Kier alpha value is -2.94. The second kappa shape index (κ2) is 8.25. The second-order valence-corrected chi connectivity index (χ2v) is 5.98. The van der Waals surface area contributed by atoms with Gasteiger partial charge in [0, 0.05) is 27.9 Å². The summed E-state index contributed by atoms with van der Waals surface area (Å²) in [6, 6.07) is 10.6. The Labute approximate surface area is 151 Å². The maximum Gasteiger partial charge on any atom is 0.269 e. The number of non-ortho nitro benzene ring substituents is 1. The van der Waals surface area contributed by atoms with E-state index in [2.05, 4.69) is 32.1 Å². The average molecular weight is 407 g/mol. The first kappa shape index (κ1) is 18.4. The number of carbonyl (C=O) groups is 2. The second-order valence-electron chi connectivity index (χ2n) is 5.12. The number of nitro groups is 1. The van der Waals surface area contributed by atoms with Gasteiger partial charge < -0.3 is 5.32 Å². The van der Waals surface area contributed by atoms with Crippen molar-refractivity contribution >= 4 is 39.1 Å². The summed E-state index contributed by atoms with van der Waals surface area (Å²) in [4.78, 5) is 33.6. The van der Waals surface area contributed by atoms with E-state index in [1.165, 1.54) is 24.3 Å². The maximum absolute atomic E-state index is 11.9. The molecule has 0 unspecified atom stereocenters. The zero-order valence-corrected chi connectivity index (χ0v) is 14.8. The van der Waals surface area contributed by atoms with E-state index in [1.807, 2.05) is 25.1 Å². The van der Waals surface area contributed by atoms with E-state index in [0.717, 1.165) is 15.7 Å². The van der Waals surface area contributed by atoms with Gasteiger partial charge in [-0.3, -0.25) is 30.6 Å². The van der Waals surface area contributed by atoms with Crippen LogP contribution in [-0.2, 0) is 4.79 Å². The molecule has 0 aromatic heterocycles. The van der Waals surface area contributed by atoms with Crippen molar-refractivity contribution in [1.29, 1.82) is 0 Å². The van der Waals surface area contributed by atoms with Gasteiger partial charge in [0.2, 0.25) is 0 Å². The Balaban J connectivity index is 1.81. The van der Waals surface area contributed by atoms with Crippen LogP contribution in [0.4, 0.5) is 11.4 Å². The first-order valence-electron chi connectivity index (χ1n) is 7.20. The molecule has 0 atom stereocenters. The summed E-state index contributed by atoms with van der Waals surface area (Å²) in [5.74, 6) is -1.00. The van der Waals surface area contributed by atoms with Crippen LogP contribution in [0.5, 0.6) is 0 Å². The molecule has 0 saturated heterocycles. The fourth-order valence-corrected chi connectivity index (χ4v) is 2.16. The number of nitrogens with zero attached hydrogens (tertiary/aromatic N) is 1. The number of nitro benzene ring substituents is 1. The van der Waals surface area contributed by atoms with Crippen LogP contribution in [-0.4, -0.2) is 23.3 Å². The van der Waals surface area contributed by atoms with E-state index in [9.17, 15) is 19.7 Å². The van der Waals surface area contributed by atoms with E-state index in [0.29, 0.717) is 0 Å². The summed E-state index contributed by atoms with van der Waals surface area (Å²) in [6.07, 6.45) is 0. The normalized spacial score (nSPS) is 10.0. The third kappa shape index (κ3) is 5.28. The summed E-state index contributed by atoms with van der Waals surface area (Å²) < 4.78 is 0.970. The standard InChI is InChI=1S/C16H15BrN4O4/c1-10-8-12(4-7-14(10)17)18-9-15(22)19-20-16(23)11-2-5-13(6-3-11)21(24)25/h2-8,18H,9H2,1H3,(H,19,22)(H,20,23). The van der Waals surface area contributed by atoms with Gasteiger partial charge in [-0.15, -0.1) is 0 Å². The highest BCUT2D eigenvalue weighted by Crippen LogP contribution is 2.19. The molecule has 0 aliphatic carbocycles. The lowest BCUT2D eigenvalue weighted by Gasteiger charge is -2.10. The predicted molar refractivity (Wildman–Crippen MR) is 96.1 cm³/mol. The summed E-state index contributed by atoms with van der Waals surface area (Å²) in [5.41, 5.74) is 6.40. The highest BCUT2D eigenvalue weighted by Gasteiger charge is 2.10. The Morgan fingerprint density at radius 1 is 1.12 bits per heavy atom. The van der Waals surface area contributed by atoms with Crippen molar-refractivity contribution in [2.24, 2.45) is 0 Å². The Morgan fingerprint density at radius 3 is 2.40 bits per heavy atom. The molecule has 2 amide bonds. The van der Waals surface area contributed by atoms with E-state index < -0.39 is 16.7 Å². The molecule has 0 aliphatic heterocycles. The molecule has 3 N–H and O–H groups in total. The Bertz CT molecular complexity index is 808. The van der Waals surface area contributed by atoms with Crippen LogP contribution in [0.2, 0.25) is 0 Å². The van der Waals surface area contributed by atoms with E-state index >= 15 is 0 Å². The molecular weight excluding hydrogens is 392 g/mol. The van der Waals surface area contributed by atoms with Gasteiger partial charge in [0.15, 0.2) is 0 Å². The van der Waals surface area contributed by atoms with E-state index in [4.69, 9.17) is 0 Å². The molecule has 9 heteroatoms. The van der Waals surface area contributed by atoms with Crippen LogP contribution in [0.25, 0.3) is 0 Å². The van der Waals surface area contributed by atoms with Crippen molar-refractivity contribution in [1.82, 2.24) is 10.9 Å². The van der Waals surface area contributed by atoms with Crippen molar-refractivity contribution < 1.29 is 14.5 Å². The molecule has 0 radical (unpaired) electrons. The number of halogens is 1. The topological polar surface area (TPSA) is 113 Å². The Kier molecular flexibility index (Phi) is 6.07. The monoisotopic (exact) mass is 406 g/mol. The predicted octanol–water partition coefficient (Wildman–Crippen LogP) is 2.54. The molecule has 8 nitrogen and oxygen atoms in total. The van der Waals surface area contributed by atoms with Crippen LogP contribution in [0, 0.1) is 17.0 Å². The van der Waals surface area contributed by atoms with Gasteiger partial charge in [-0.05, 0) is 42.8 Å². The SMILES string of the molecule is Cc1cc(NCC(=O)NNC(=O)c2ccc([N+](=O)[O-])cc2)ccc1Br. The minimum absolute atomic E-state index is 0.0262. The van der Waals surface area contributed by atoms with Gasteiger partial charge in [0.05, 0.1) is 11.5 Å². The summed E-state index contributed by atoms with van der Waals surface area (Å²) >= 11 is 3.39. The maximum atomic E-state index is 11.9. The lowest BCUT2D eigenvalue weighted by molar-refractivity contribution is -0.384. The third-order valence-electron chi connectivity index (χ3n) is 3.27. The third-order valence-corrected chi connectivity index (χ3v) is 4.16. The molecule has 25 heavy (non-hydrogen) atoms. The van der Waals surface area contributed by atoms with Crippen LogP contribution in [0.3, 0.4) is 0 Å². The highest BCUT2D eigenvalue weighted by molar-refractivity contribution is 9.10. The quantitative estimate of drug-likeness (QED) is 0.521. The smallest absolute Gasteiger partial charge is 0.269 e. The summed E-state index contributed by atoms with van der Waals surface area (Å²) in [5, 5.41) is 13.5. The molecule has 2 aromatic rings. The molecule has 0 fully saturated rings. The molecular formula is C16H15BrN4O4. The first-order chi connectivity index (χ1) is 11.9. The number of carbonyl (C=O) groups excluding carboxylic acids is 2. The van der Waals surface area contributed by atoms with Gasteiger partial charge in [-0.25, -0.2) is 0 Å². The van der Waals surface area contributed by atoms with Gasteiger partial charge >= 0.3 is 0 Å². The number of rotatable bonds is 5. The molecule has 2 rings (SSSR count). The lowest BCUT2D eigenvalue weighted by atomic mass is 10.2. The number of anilines is 1. The molecule has 130 valence electrons. The van der Waals surface area contributed by atoms with Gasteiger partial charge in [0.1, 0.15) is 0 Å². The fourth-order valence-electron chi connectivity index (χ4n) is 1.91. The number of aryl methyl sites for hydroxylation is 1. The van der Waals surface area contributed by atoms with Crippen LogP contribution < -0.4 is 16.2 Å². The van der Waals surface area contributed by atoms with Gasteiger partial charge in [0.25, 0.3) is 17.5 Å². The van der Waals surface area contributed by atoms with Crippen molar-refractivity contribution in [2.45, 2.75) is 6.92 Å². The molecule has 2 aromatic carbocycles. The van der Waals surface area contributed by atoms with Crippen molar-refractivity contribution in [3.8, 4) is 0 Å². The molecule has 0 bridgehead atoms. The number of hydrazine groups is 1.